The van der Waals surface area contributed by atoms with Crippen molar-refractivity contribution in [1.29, 1.82) is 0 Å². The fraction of sp³-hybridized carbons (Fsp3) is 0.750. The molecular weight excluding hydrogens is 176 g/mol. The molecule has 0 spiro atoms. The van der Waals surface area contributed by atoms with Gasteiger partial charge in [-0.25, -0.2) is 0 Å². The second-order valence-electron chi connectivity index (χ2n) is 2.77. The Hall–Kier alpha value is -1.10. The van der Waals surface area contributed by atoms with Crippen molar-refractivity contribution in [3.05, 3.63) is 0 Å². The van der Waals surface area contributed by atoms with Crippen LogP contribution in [0.2, 0.25) is 0 Å². The first-order valence-electron chi connectivity index (χ1n) is 3.96. The van der Waals surface area contributed by atoms with E-state index in [1.807, 2.05) is 0 Å². The molecule has 1 saturated heterocycles. The molecule has 0 N–H and O–H groups in total. The summed E-state index contributed by atoms with van der Waals surface area (Å²) in [5.41, 5.74) is 0. The second kappa shape index (κ2) is 4.23. The van der Waals surface area contributed by atoms with Crippen LogP contribution in [0.3, 0.4) is 0 Å². The minimum Gasteiger partial charge on any atom is -0.469 e. The highest BCUT2D eigenvalue weighted by Gasteiger charge is 2.42. The molecule has 1 fully saturated rings. The monoisotopic (exact) mass is 188 g/mol. The Balaban J connectivity index is 2.15. The lowest BCUT2D eigenvalue weighted by Gasteiger charge is -1.95. The van der Waals surface area contributed by atoms with Crippen LogP contribution in [-0.4, -0.2) is 38.4 Å². The molecule has 1 aliphatic rings. The summed E-state index contributed by atoms with van der Waals surface area (Å²) in [4.78, 5) is 21.5. The van der Waals surface area contributed by atoms with E-state index in [0.29, 0.717) is 0 Å². The standard InChI is InChI=1S/C8H12O5/c1-11-7(9)3-5-6(13-5)4-8(10)12-2/h5-6H,3-4H2,1-2H3. The van der Waals surface area contributed by atoms with Crippen LogP contribution in [0.1, 0.15) is 12.8 Å². The van der Waals surface area contributed by atoms with Gasteiger partial charge in [-0.05, 0) is 0 Å². The maximum absolute atomic E-state index is 10.7. The SMILES string of the molecule is COC(=O)CC1OC1CC(=O)OC. The van der Waals surface area contributed by atoms with E-state index in [-0.39, 0.29) is 37.0 Å². The van der Waals surface area contributed by atoms with Gasteiger partial charge in [-0.2, -0.15) is 0 Å². The predicted molar refractivity (Wildman–Crippen MR) is 41.9 cm³/mol. The van der Waals surface area contributed by atoms with Gasteiger partial charge in [-0.3, -0.25) is 9.59 Å². The number of esters is 2. The van der Waals surface area contributed by atoms with Gasteiger partial charge in [-0.1, -0.05) is 0 Å². The van der Waals surface area contributed by atoms with Crippen molar-refractivity contribution in [1.82, 2.24) is 0 Å². The van der Waals surface area contributed by atoms with Gasteiger partial charge >= 0.3 is 11.9 Å². The third kappa shape index (κ3) is 3.02. The van der Waals surface area contributed by atoms with E-state index < -0.39 is 0 Å². The average Bonchev–Trinajstić information content (AvgIpc) is 2.83. The van der Waals surface area contributed by atoms with Crippen LogP contribution in [0.15, 0.2) is 0 Å². The zero-order valence-corrected chi connectivity index (χ0v) is 7.61. The van der Waals surface area contributed by atoms with Crippen molar-refractivity contribution in [3.63, 3.8) is 0 Å². The first-order valence-corrected chi connectivity index (χ1v) is 3.96. The molecule has 0 aromatic carbocycles. The lowest BCUT2D eigenvalue weighted by molar-refractivity contribution is -0.142. The van der Waals surface area contributed by atoms with Gasteiger partial charge in [0.15, 0.2) is 0 Å². The Morgan fingerprint density at radius 1 is 1.08 bits per heavy atom. The van der Waals surface area contributed by atoms with E-state index in [0.717, 1.165) is 0 Å². The fourth-order valence-corrected chi connectivity index (χ4v) is 1.03. The Morgan fingerprint density at radius 2 is 1.46 bits per heavy atom. The molecule has 1 heterocycles. The maximum atomic E-state index is 10.7. The summed E-state index contributed by atoms with van der Waals surface area (Å²) in [6.07, 6.45) is 0.0640. The van der Waals surface area contributed by atoms with Gasteiger partial charge in [0.2, 0.25) is 0 Å². The van der Waals surface area contributed by atoms with Gasteiger partial charge in [0.05, 0.1) is 39.3 Å². The van der Waals surface area contributed by atoms with Gasteiger partial charge in [0.1, 0.15) is 0 Å². The molecule has 5 nitrogen and oxygen atoms in total. The molecule has 0 aromatic heterocycles. The van der Waals surface area contributed by atoms with Crippen molar-refractivity contribution in [3.8, 4) is 0 Å². The number of ether oxygens (including phenoxy) is 3. The van der Waals surface area contributed by atoms with Crippen LogP contribution in [0, 0.1) is 0 Å². The molecule has 13 heavy (non-hydrogen) atoms. The van der Waals surface area contributed by atoms with Gasteiger partial charge in [0.25, 0.3) is 0 Å². The van der Waals surface area contributed by atoms with Crippen molar-refractivity contribution >= 4 is 11.9 Å². The first-order chi connectivity index (χ1) is 6.17. The number of methoxy groups -OCH3 is 2. The maximum Gasteiger partial charge on any atom is 0.308 e. The third-order valence-electron chi connectivity index (χ3n) is 1.88. The topological polar surface area (TPSA) is 65.1 Å². The van der Waals surface area contributed by atoms with Crippen molar-refractivity contribution in [2.24, 2.45) is 0 Å². The van der Waals surface area contributed by atoms with E-state index in [1.165, 1.54) is 14.2 Å². The quantitative estimate of drug-likeness (QED) is 0.454. The number of carbonyl (C=O) groups excluding carboxylic acids is 2. The van der Waals surface area contributed by atoms with E-state index in [9.17, 15) is 9.59 Å². The Bertz CT molecular complexity index is 191. The third-order valence-corrected chi connectivity index (χ3v) is 1.88. The zero-order valence-electron chi connectivity index (χ0n) is 7.61. The summed E-state index contributed by atoms with van der Waals surface area (Å²) < 4.78 is 14.0. The van der Waals surface area contributed by atoms with Gasteiger partial charge < -0.3 is 14.2 Å². The van der Waals surface area contributed by atoms with Gasteiger partial charge in [0, 0.05) is 0 Å². The molecule has 0 aliphatic carbocycles. The molecule has 0 amide bonds. The highest BCUT2D eigenvalue weighted by Crippen LogP contribution is 2.28. The lowest BCUT2D eigenvalue weighted by atomic mass is 10.2. The molecule has 5 heteroatoms. The van der Waals surface area contributed by atoms with Crippen LogP contribution in [0.25, 0.3) is 0 Å². The first kappa shape index (κ1) is 9.98. The van der Waals surface area contributed by atoms with Crippen LogP contribution in [0.4, 0.5) is 0 Å². The molecule has 2 unspecified atom stereocenters. The largest absolute Gasteiger partial charge is 0.469 e. The Kier molecular flexibility index (Phi) is 3.25. The van der Waals surface area contributed by atoms with Crippen molar-refractivity contribution in [2.75, 3.05) is 14.2 Å². The number of hydrogen-bond donors (Lipinski definition) is 0. The van der Waals surface area contributed by atoms with E-state index in [2.05, 4.69) is 9.47 Å². The van der Waals surface area contributed by atoms with E-state index in [1.54, 1.807) is 0 Å². The molecule has 0 radical (unpaired) electrons. The molecular formula is C8H12O5. The number of rotatable bonds is 4. The summed E-state index contributed by atoms with van der Waals surface area (Å²) in [7, 11) is 2.64. The van der Waals surface area contributed by atoms with Crippen LogP contribution in [0.5, 0.6) is 0 Å². The number of hydrogen-bond acceptors (Lipinski definition) is 5. The normalized spacial score (nSPS) is 25.1. The minimum atomic E-state index is -0.322. The summed E-state index contributed by atoms with van der Waals surface area (Å²) in [5.74, 6) is -0.644. The summed E-state index contributed by atoms with van der Waals surface area (Å²) in [6.45, 7) is 0. The minimum absolute atomic E-state index is 0.174. The summed E-state index contributed by atoms with van der Waals surface area (Å²) in [6, 6.07) is 0. The van der Waals surface area contributed by atoms with Crippen LogP contribution < -0.4 is 0 Å². The van der Waals surface area contributed by atoms with Crippen LogP contribution in [-0.2, 0) is 23.8 Å². The lowest BCUT2D eigenvalue weighted by Crippen LogP contribution is -2.10. The molecule has 1 rings (SSSR count). The smallest absolute Gasteiger partial charge is 0.308 e. The number of carbonyl (C=O) groups is 2. The highest BCUT2D eigenvalue weighted by molar-refractivity contribution is 5.72. The highest BCUT2D eigenvalue weighted by atomic mass is 16.6. The Morgan fingerprint density at radius 3 is 1.77 bits per heavy atom. The van der Waals surface area contributed by atoms with E-state index in [4.69, 9.17) is 4.74 Å². The molecule has 0 bridgehead atoms. The second-order valence-corrected chi connectivity index (χ2v) is 2.77. The van der Waals surface area contributed by atoms with Crippen molar-refractivity contribution < 1.29 is 23.8 Å². The molecule has 0 aromatic rings. The van der Waals surface area contributed by atoms with E-state index >= 15 is 0 Å². The molecule has 0 saturated carbocycles. The predicted octanol–water partition coefficient (Wildman–Crippen LogP) is -0.120. The van der Waals surface area contributed by atoms with Gasteiger partial charge in [-0.15, -0.1) is 0 Å². The van der Waals surface area contributed by atoms with Crippen LogP contribution >= 0.6 is 0 Å². The molecule has 2 atom stereocenters. The Labute approximate surface area is 76.0 Å². The number of epoxide rings is 1. The fourth-order valence-electron chi connectivity index (χ4n) is 1.03. The molecule has 74 valence electrons. The average molecular weight is 188 g/mol. The summed E-state index contributed by atoms with van der Waals surface area (Å²) >= 11 is 0. The molecule has 1 aliphatic heterocycles. The zero-order chi connectivity index (χ0) is 9.84. The van der Waals surface area contributed by atoms with Crippen molar-refractivity contribution in [2.45, 2.75) is 25.0 Å². The summed E-state index contributed by atoms with van der Waals surface area (Å²) in [5, 5.41) is 0.